The molecular formula is C30H43FN6O2. The average Bonchev–Trinajstić information content (AvgIpc) is 2.91. The van der Waals surface area contributed by atoms with Crippen LogP contribution in [-0.4, -0.2) is 98.2 Å². The molecule has 4 rings (SSSR count). The molecule has 8 nitrogen and oxygen atoms in total. The van der Waals surface area contributed by atoms with Crippen LogP contribution in [0.3, 0.4) is 0 Å². The third-order valence-electron chi connectivity index (χ3n) is 7.94. The normalized spacial score (nSPS) is 28.1. The number of amides is 1. The zero-order valence-electron chi connectivity index (χ0n) is 24.1. The average molecular weight is 539 g/mol. The van der Waals surface area contributed by atoms with Crippen molar-refractivity contribution in [1.82, 2.24) is 20.0 Å². The second-order valence-corrected chi connectivity index (χ2v) is 10.6. The van der Waals surface area contributed by atoms with Gasteiger partial charge in [0.15, 0.2) is 0 Å². The van der Waals surface area contributed by atoms with Gasteiger partial charge in [0.05, 0.1) is 17.3 Å². The Balaban J connectivity index is 1.75. The number of carbonyl (C=O) groups is 1. The van der Waals surface area contributed by atoms with E-state index in [9.17, 15) is 9.18 Å². The zero-order valence-corrected chi connectivity index (χ0v) is 24.1. The van der Waals surface area contributed by atoms with Crippen LogP contribution in [0.25, 0.3) is 0 Å². The topological polar surface area (TPSA) is 72.8 Å². The molecule has 9 heteroatoms. The number of likely N-dealkylation sites (tertiary alicyclic amines) is 1. The van der Waals surface area contributed by atoms with Gasteiger partial charge in [-0.3, -0.25) is 9.79 Å². The minimum atomic E-state index is -0.454. The summed E-state index contributed by atoms with van der Waals surface area (Å²) in [5.74, 6) is 0.718. The Bertz CT molecular complexity index is 1170. The minimum absolute atomic E-state index is 0.210. The number of amidine groups is 1. The van der Waals surface area contributed by atoms with Gasteiger partial charge < -0.3 is 24.8 Å². The molecule has 1 unspecified atom stereocenters. The Kier molecular flexibility index (Phi) is 9.78. The molecule has 2 fully saturated rings. The summed E-state index contributed by atoms with van der Waals surface area (Å²) >= 11 is 0. The van der Waals surface area contributed by atoms with E-state index < -0.39 is 5.82 Å². The van der Waals surface area contributed by atoms with Gasteiger partial charge in [0, 0.05) is 70.3 Å². The fourth-order valence-corrected chi connectivity index (χ4v) is 5.30. The first-order valence-electron chi connectivity index (χ1n) is 14.1. The molecule has 3 aliphatic heterocycles. The molecule has 1 amide bonds. The summed E-state index contributed by atoms with van der Waals surface area (Å²) in [7, 11) is 3.87. The lowest BCUT2D eigenvalue weighted by Crippen LogP contribution is -2.47. The van der Waals surface area contributed by atoms with Gasteiger partial charge in [0.25, 0.3) is 5.91 Å². The van der Waals surface area contributed by atoms with Crippen molar-refractivity contribution >= 4 is 17.5 Å². The third-order valence-corrected chi connectivity index (χ3v) is 7.94. The smallest absolute Gasteiger partial charge is 0.258 e. The molecule has 39 heavy (non-hydrogen) atoms. The van der Waals surface area contributed by atoms with Crippen molar-refractivity contribution in [3.63, 3.8) is 0 Å². The molecule has 0 aromatic heterocycles. The number of piperidine rings is 1. The molecular weight excluding hydrogens is 495 g/mol. The zero-order chi connectivity index (χ0) is 27.9. The number of halogens is 1. The first kappa shape index (κ1) is 28.8. The van der Waals surface area contributed by atoms with Gasteiger partial charge >= 0.3 is 0 Å². The fourth-order valence-electron chi connectivity index (χ4n) is 5.30. The Labute approximate surface area is 232 Å². The molecule has 1 aromatic rings. The maximum atomic E-state index is 14.3. The second kappa shape index (κ2) is 13.2. The summed E-state index contributed by atoms with van der Waals surface area (Å²) in [5, 5.41) is 3.42. The van der Waals surface area contributed by atoms with E-state index in [0.29, 0.717) is 25.4 Å². The van der Waals surface area contributed by atoms with Crippen LogP contribution in [0.2, 0.25) is 0 Å². The largest absolute Gasteiger partial charge is 0.491 e. The van der Waals surface area contributed by atoms with E-state index in [4.69, 9.17) is 9.73 Å². The Morgan fingerprint density at radius 3 is 2.59 bits per heavy atom. The van der Waals surface area contributed by atoms with E-state index in [1.54, 1.807) is 13.1 Å². The number of carbonyl (C=O) groups excluding carboxylic acids is 1. The summed E-state index contributed by atoms with van der Waals surface area (Å²) < 4.78 is 20.3. The maximum Gasteiger partial charge on any atom is 0.258 e. The van der Waals surface area contributed by atoms with Crippen molar-refractivity contribution in [3.8, 4) is 5.75 Å². The molecule has 1 aromatic carbocycles. The summed E-state index contributed by atoms with van der Waals surface area (Å²) in [5.41, 5.74) is 4.26. The standard InChI is InChI=1S/C30H43FN6O2/c1-21-19-26(32-4)27-9-6-7-16-37(27)30(38)25-20-24(31)10-11-28(25)39-18-13-33-12-17-35(5)23(3)22(2)29(34-21)36-14-8-15-36/h10-11,19-20,27,33H,6-9,12-18H2,1-5H3/b21-19+,23-22+,32-26?,34-29+. The van der Waals surface area contributed by atoms with Gasteiger partial charge in [0.1, 0.15) is 24.0 Å². The minimum Gasteiger partial charge on any atom is -0.491 e. The SMILES string of the molecule is CN=C1/C=C(C)/N=C(N2CCC2)\C(C)=C(/C)N(C)CCNCCOc2ccc(F)cc2C(=O)N2CCCCC12. The van der Waals surface area contributed by atoms with Crippen molar-refractivity contribution in [2.75, 3.05) is 60.0 Å². The maximum absolute atomic E-state index is 14.3. The molecule has 0 spiro atoms. The predicted molar refractivity (Wildman–Crippen MR) is 155 cm³/mol. The predicted octanol–water partition coefficient (Wildman–Crippen LogP) is 4.11. The lowest BCUT2D eigenvalue weighted by Gasteiger charge is -2.36. The number of nitrogens with zero attached hydrogens (tertiary/aromatic N) is 5. The molecule has 212 valence electrons. The Hall–Kier alpha value is -3.20. The summed E-state index contributed by atoms with van der Waals surface area (Å²) in [6, 6.07) is 3.98. The van der Waals surface area contributed by atoms with Crippen molar-refractivity contribution in [3.05, 3.63) is 52.6 Å². The highest BCUT2D eigenvalue weighted by Gasteiger charge is 2.32. The Morgan fingerprint density at radius 2 is 1.87 bits per heavy atom. The number of likely N-dealkylation sites (N-methyl/N-ethyl adjacent to an activating group) is 1. The van der Waals surface area contributed by atoms with Crippen molar-refractivity contribution < 1.29 is 13.9 Å². The quantitative estimate of drug-likeness (QED) is 0.538. The van der Waals surface area contributed by atoms with E-state index in [0.717, 1.165) is 68.3 Å². The van der Waals surface area contributed by atoms with E-state index in [1.807, 2.05) is 17.9 Å². The van der Waals surface area contributed by atoms with Gasteiger partial charge in [-0.2, -0.15) is 0 Å². The first-order chi connectivity index (χ1) is 18.8. The highest BCUT2D eigenvalue weighted by molar-refractivity contribution is 6.05. The highest BCUT2D eigenvalue weighted by atomic mass is 19.1. The molecule has 0 radical (unpaired) electrons. The van der Waals surface area contributed by atoms with Gasteiger partial charge in [-0.1, -0.05) is 0 Å². The van der Waals surface area contributed by atoms with Crippen LogP contribution in [-0.2, 0) is 0 Å². The monoisotopic (exact) mass is 538 g/mol. The summed E-state index contributed by atoms with van der Waals surface area (Å²) in [4.78, 5) is 30.0. The summed E-state index contributed by atoms with van der Waals surface area (Å²) in [6.07, 6.45) is 5.85. The molecule has 1 atom stereocenters. The molecule has 0 aliphatic carbocycles. The molecule has 0 bridgehead atoms. The van der Waals surface area contributed by atoms with Crippen LogP contribution in [0.4, 0.5) is 4.39 Å². The van der Waals surface area contributed by atoms with Crippen molar-refractivity contribution in [2.24, 2.45) is 9.98 Å². The van der Waals surface area contributed by atoms with E-state index in [-0.39, 0.29) is 17.5 Å². The molecule has 0 saturated carbocycles. The number of fused-ring (bicyclic) bond motifs is 2. The van der Waals surface area contributed by atoms with Crippen molar-refractivity contribution in [1.29, 1.82) is 0 Å². The number of aliphatic imine (C=N–C) groups is 2. The number of ether oxygens (including phenoxy) is 1. The lowest BCUT2D eigenvalue weighted by molar-refractivity contribution is 0.0676. The third kappa shape index (κ3) is 6.87. The van der Waals surface area contributed by atoms with Gasteiger partial charge in [-0.15, -0.1) is 0 Å². The number of hydrogen-bond acceptors (Lipinski definition) is 7. The number of hydrogen-bond donors (Lipinski definition) is 1. The number of rotatable bonds is 0. The van der Waals surface area contributed by atoms with Crippen LogP contribution < -0.4 is 10.1 Å². The van der Waals surface area contributed by atoms with E-state index in [1.165, 1.54) is 24.3 Å². The van der Waals surface area contributed by atoms with Crippen molar-refractivity contribution in [2.45, 2.75) is 52.5 Å². The molecule has 2 saturated heterocycles. The van der Waals surface area contributed by atoms with E-state index >= 15 is 0 Å². The van der Waals surface area contributed by atoms with Crippen LogP contribution in [0.5, 0.6) is 5.75 Å². The second-order valence-electron chi connectivity index (χ2n) is 10.6. The van der Waals surface area contributed by atoms with E-state index in [2.05, 4.69) is 41.0 Å². The summed E-state index contributed by atoms with van der Waals surface area (Å²) in [6.45, 7) is 11.5. The van der Waals surface area contributed by atoms with Gasteiger partial charge in [0.2, 0.25) is 0 Å². The number of nitrogens with one attached hydrogen (secondary N) is 1. The van der Waals surface area contributed by atoms with Crippen LogP contribution in [0.15, 0.2) is 51.2 Å². The van der Waals surface area contributed by atoms with Crippen LogP contribution >= 0.6 is 0 Å². The molecule has 3 heterocycles. The Morgan fingerprint density at radius 1 is 1.08 bits per heavy atom. The first-order valence-corrected chi connectivity index (χ1v) is 14.1. The molecule has 3 aliphatic rings. The number of allylic oxidation sites excluding steroid dienone is 2. The lowest BCUT2D eigenvalue weighted by atomic mass is 9.95. The fraction of sp³-hybridized carbons (Fsp3) is 0.567. The van der Waals surface area contributed by atoms with Gasteiger partial charge in [-0.05, 0) is 70.7 Å². The molecule has 1 N–H and O–H groups in total. The highest BCUT2D eigenvalue weighted by Crippen LogP contribution is 2.27. The van der Waals surface area contributed by atoms with Gasteiger partial charge in [-0.25, -0.2) is 9.38 Å². The number of benzene rings is 1. The van der Waals surface area contributed by atoms with Crippen LogP contribution in [0.1, 0.15) is 56.8 Å². The van der Waals surface area contributed by atoms with Crippen LogP contribution in [0, 0.1) is 5.82 Å².